The van der Waals surface area contributed by atoms with Crippen LogP contribution in [0.4, 0.5) is 0 Å². The highest BCUT2D eigenvalue weighted by molar-refractivity contribution is 4.82. The van der Waals surface area contributed by atoms with Crippen LogP contribution in [0.2, 0.25) is 0 Å². The Morgan fingerprint density at radius 2 is 2.42 bits per heavy atom. The molecule has 0 unspecified atom stereocenters. The summed E-state index contributed by atoms with van der Waals surface area (Å²) in [5.74, 6) is 0.872. The van der Waals surface area contributed by atoms with Crippen molar-refractivity contribution in [3.63, 3.8) is 0 Å². The topological polar surface area (TPSA) is 34.9 Å². The Morgan fingerprint density at radius 3 is 3.08 bits per heavy atom. The van der Waals surface area contributed by atoms with Crippen molar-refractivity contribution >= 4 is 0 Å². The molecule has 0 atom stereocenters. The zero-order chi connectivity index (χ0) is 8.39. The first-order chi connectivity index (χ1) is 5.86. The quantitative estimate of drug-likeness (QED) is 0.669. The second kappa shape index (κ2) is 3.09. The van der Waals surface area contributed by atoms with Crippen LogP contribution in [0.1, 0.15) is 19.3 Å². The predicted octanol–water partition coefficient (Wildman–Crippen LogP) is 1.04. The first kappa shape index (κ1) is 7.53. The first-order valence-electron chi connectivity index (χ1n) is 4.38. The van der Waals surface area contributed by atoms with E-state index in [1.54, 1.807) is 16.8 Å². The molecule has 1 heterocycles. The van der Waals surface area contributed by atoms with Crippen LogP contribution in [0.25, 0.3) is 0 Å². The number of hydrogen-bond donors (Lipinski definition) is 0. The molecule has 1 aliphatic rings. The van der Waals surface area contributed by atoms with Gasteiger partial charge in [0.2, 0.25) is 0 Å². The average molecular weight is 164 g/mol. The van der Waals surface area contributed by atoms with Crippen molar-refractivity contribution in [3.8, 4) is 0 Å². The third kappa shape index (κ3) is 1.72. The summed E-state index contributed by atoms with van der Waals surface area (Å²) in [5.41, 5.74) is -0.127. The highest BCUT2D eigenvalue weighted by atomic mass is 16.1. The van der Waals surface area contributed by atoms with Crippen molar-refractivity contribution in [1.82, 2.24) is 9.55 Å². The van der Waals surface area contributed by atoms with Crippen LogP contribution in [0.3, 0.4) is 0 Å². The summed E-state index contributed by atoms with van der Waals surface area (Å²) in [6, 6.07) is 1.80. The van der Waals surface area contributed by atoms with Crippen LogP contribution in [-0.2, 0) is 6.54 Å². The van der Waals surface area contributed by atoms with E-state index in [-0.39, 0.29) is 5.69 Å². The van der Waals surface area contributed by atoms with E-state index < -0.39 is 0 Å². The highest BCUT2D eigenvalue weighted by Crippen LogP contribution is 2.32. The molecular weight excluding hydrogens is 152 g/mol. The van der Waals surface area contributed by atoms with Crippen molar-refractivity contribution in [2.75, 3.05) is 0 Å². The molecule has 0 N–H and O–H groups in total. The predicted molar refractivity (Wildman–Crippen MR) is 45.8 cm³/mol. The van der Waals surface area contributed by atoms with Gasteiger partial charge in [0.05, 0.1) is 0 Å². The molecule has 3 heteroatoms. The monoisotopic (exact) mass is 164 g/mol. The molecule has 1 aromatic rings. The van der Waals surface area contributed by atoms with Crippen LogP contribution in [-0.4, -0.2) is 9.55 Å². The van der Waals surface area contributed by atoms with E-state index in [1.165, 1.54) is 19.0 Å². The Bertz CT molecular complexity index is 314. The SMILES string of the molecule is O=c1ncccn1CCC1CC1. The number of hydrogen-bond acceptors (Lipinski definition) is 2. The zero-order valence-corrected chi connectivity index (χ0v) is 6.94. The van der Waals surface area contributed by atoms with Crippen LogP contribution in [0.5, 0.6) is 0 Å². The lowest BCUT2D eigenvalue weighted by Crippen LogP contribution is -2.21. The molecule has 12 heavy (non-hydrogen) atoms. The van der Waals surface area contributed by atoms with Crippen molar-refractivity contribution < 1.29 is 0 Å². The largest absolute Gasteiger partial charge is 0.347 e. The standard InChI is InChI=1S/C9H12N2O/c12-9-10-5-1-6-11(9)7-4-8-2-3-8/h1,5-6,8H,2-4,7H2. The minimum Gasteiger partial charge on any atom is -0.299 e. The van der Waals surface area contributed by atoms with Gasteiger partial charge in [0.15, 0.2) is 0 Å². The van der Waals surface area contributed by atoms with Gasteiger partial charge in [0, 0.05) is 18.9 Å². The van der Waals surface area contributed by atoms with Crippen LogP contribution >= 0.6 is 0 Å². The summed E-state index contributed by atoms with van der Waals surface area (Å²) in [4.78, 5) is 14.8. The van der Waals surface area contributed by atoms with Crippen molar-refractivity contribution in [2.45, 2.75) is 25.8 Å². The van der Waals surface area contributed by atoms with Gasteiger partial charge < -0.3 is 0 Å². The lowest BCUT2D eigenvalue weighted by Gasteiger charge is -2.01. The molecule has 0 radical (unpaired) electrons. The van der Waals surface area contributed by atoms with Crippen LogP contribution in [0.15, 0.2) is 23.3 Å². The smallest absolute Gasteiger partial charge is 0.299 e. The summed E-state index contributed by atoms with van der Waals surface area (Å²) < 4.78 is 1.68. The van der Waals surface area contributed by atoms with Crippen LogP contribution < -0.4 is 5.69 Å². The molecule has 1 saturated carbocycles. The minimum absolute atomic E-state index is 0.127. The van der Waals surface area contributed by atoms with Gasteiger partial charge in [-0.2, -0.15) is 0 Å². The maximum atomic E-state index is 11.1. The molecule has 0 amide bonds. The Kier molecular flexibility index (Phi) is 1.94. The molecule has 64 valence electrons. The fourth-order valence-corrected chi connectivity index (χ4v) is 1.29. The number of aryl methyl sites for hydroxylation is 1. The van der Waals surface area contributed by atoms with Gasteiger partial charge >= 0.3 is 5.69 Å². The van der Waals surface area contributed by atoms with Crippen molar-refractivity contribution in [2.24, 2.45) is 5.92 Å². The van der Waals surface area contributed by atoms with Gasteiger partial charge in [-0.3, -0.25) is 4.57 Å². The van der Waals surface area contributed by atoms with E-state index in [0.29, 0.717) is 0 Å². The molecular formula is C9H12N2O. The first-order valence-corrected chi connectivity index (χ1v) is 4.38. The van der Waals surface area contributed by atoms with E-state index in [4.69, 9.17) is 0 Å². The van der Waals surface area contributed by atoms with E-state index >= 15 is 0 Å². The number of rotatable bonds is 3. The van der Waals surface area contributed by atoms with Crippen molar-refractivity contribution in [3.05, 3.63) is 28.9 Å². The van der Waals surface area contributed by atoms with Gasteiger partial charge in [-0.15, -0.1) is 0 Å². The van der Waals surface area contributed by atoms with Gasteiger partial charge in [0.1, 0.15) is 0 Å². The number of aromatic nitrogens is 2. The maximum Gasteiger partial charge on any atom is 0.347 e. The van der Waals surface area contributed by atoms with E-state index in [0.717, 1.165) is 18.9 Å². The normalized spacial score (nSPS) is 16.3. The molecule has 0 aliphatic heterocycles. The van der Waals surface area contributed by atoms with Gasteiger partial charge in [0.25, 0.3) is 0 Å². The fraction of sp³-hybridized carbons (Fsp3) is 0.556. The van der Waals surface area contributed by atoms with Crippen LogP contribution in [0, 0.1) is 5.92 Å². The second-order valence-corrected chi connectivity index (χ2v) is 3.33. The fourth-order valence-electron chi connectivity index (χ4n) is 1.29. The molecule has 1 aromatic heterocycles. The molecule has 0 aromatic carbocycles. The summed E-state index contributed by atoms with van der Waals surface area (Å²) in [6.07, 6.45) is 7.16. The third-order valence-electron chi connectivity index (χ3n) is 2.26. The van der Waals surface area contributed by atoms with Gasteiger partial charge in [-0.1, -0.05) is 12.8 Å². The Balaban J connectivity index is 2.01. The summed E-state index contributed by atoms with van der Waals surface area (Å²) in [5, 5.41) is 0. The molecule has 1 aliphatic carbocycles. The molecule has 0 bridgehead atoms. The Hall–Kier alpha value is -1.12. The van der Waals surface area contributed by atoms with Crippen molar-refractivity contribution in [1.29, 1.82) is 0 Å². The van der Waals surface area contributed by atoms with E-state index in [1.807, 2.05) is 0 Å². The summed E-state index contributed by atoms with van der Waals surface area (Å²) in [6.45, 7) is 0.831. The minimum atomic E-state index is -0.127. The maximum absolute atomic E-state index is 11.1. The summed E-state index contributed by atoms with van der Waals surface area (Å²) >= 11 is 0. The zero-order valence-electron chi connectivity index (χ0n) is 6.94. The molecule has 0 saturated heterocycles. The third-order valence-corrected chi connectivity index (χ3v) is 2.26. The average Bonchev–Trinajstić information content (AvgIpc) is 2.86. The molecule has 2 rings (SSSR count). The Morgan fingerprint density at radius 1 is 1.58 bits per heavy atom. The summed E-state index contributed by atoms with van der Waals surface area (Å²) in [7, 11) is 0. The second-order valence-electron chi connectivity index (χ2n) is 3.33. The number of nitrogens with zero attached hydrogens (tertiary/aromatic N) is 2. The molecule has 0 spiro atoms. The lowest BCUT2D eigenvalue weighted by molar-refractivity contribution is 0.570. The molecule has 3 nitrogen and oxygen atoms in total. The van der Waals surface area contributed by atoms with Gasteiger partial charge in [-0.25, -0.2) is 9.78 Å². The van der Waals surface area contributed by atoms with E-state index in [2.05, 4.69) is 4.98 Å². The highest BCUT2D eigenvalue weighted by Gasteiger charge is 2.20. The van der Waals surface area contributed by atoms with E-state index in [9.17, 15) is 4.79 Å². The van der Waals surface area contributed by atoms with Gasteiger partial charge in [-0.05, 0) is 18.4 Å². The lowest BCUT2D eigenvalue weighted by atomic mass is 10.3. The molecule has 1 fully saturated rings. The Labute approximate surface area is 71.1 Å².